The van der Waals surface area contributed by atoms with Gasteiger partial charge in [0.1, 0.15) is 19.3 Å². The quantitative estimate of drug-likeness (QED) is 0.693. The Morgan fingerprint density at radius 3 is 2.79 bits per heavy atom. The van der Waals surface area contributed by atoms with E-state index in [1.807, 2.05) is 30.3 Å². The van der Waals surface area contributed by atoms with E-state index in [0.717, 1.165) is 5.52 Å². The van der Waals surface area contributed by atoms with E-state index >= 15 is 0 Å². The molecule has 0 aliphatic carbocycles. The Labute approximate surface area is 137 Å². The van der Waals surface area contributed by atoms with Crippen LogP contribution < -0.4 is 9.47 Å². The average molecular weight is 319 g/mol. The third kappa shape index (κ3) is 2.36. The number of carbonyl (C=O) groups excluding carboxylic acids is 1. The van der Waals surface area contributed by atoms with Gasteiger partial charge < -0.3 is 14.0 Å². The predicted molar refractivity (Wildman–Crippen MR) is 86.2 cm³/mol. The summed E-state index contributed by atoms with van der Waals surface area (Å²) in [4.78, 5) is 16.9. The first-order valence-electron chi connectivity index (χ1n) is 7.54. The topological polar surface area (TPSA) is 77.1 Å². The molecule has 1 aliphatic rings. The number of para-hydroxylation sites is 2. The molecule has 0 bridgehead atoms. The summed E-state index contributed by atoms with van der Waals surface area (Å²) in [5.41, 5.74) is 1.98. The number of rotatable bonds is 3. The normalized spacial score (nSPS) is 12.8. The zero-order valence-electron chi connectivity index (χ0n) is 12.7. The van der Waals surface area contributed by atoms with Gasteiger partial charge in [-0.25, -0.2) is 4.98 Å². The van der Waals surface area contributed by atoms with E-state index in [9.17, 15) is 10.1 Å². The number of benzene rings is 2. The van der Waals surface area contributed by atoms with Gasteiger partial charge in [-0.2, -0.15) is 5.26 Å². The van der Waals surface area contributed by atoms with E-state index in [-0.39, 0.29) is 18.2 Å². The van der Waals surface area contributed by atoms with Gasteiger partial charge in [-0.3, -0.25) is 4.79 Å². The minimum atomic E-state index is -0.119. The summed E-state index contributed by atoms with van der Waals surface area (Å²) < 4.78 is 12.6. The molecule has 0 N–H and O–H groups in total. The molecule has 0 radical (unpaired) electrons. The van der Waals surface area contributed by atoms with Crippen LogP contribution in [0.2, 0.25) is 0 Å². The van der Waals surface area contributed by atoms with Gasteiger partial charge in [-0.05, 0) is 30.3 Å². The van der Waals surface area contributed by atoms with Crippen LogP contribution in [0.1, 0.15) is 16.2 Å². The fourth-order valence-corrected chi connectivity index (χ4v) is 2.77. The van der Waals surface area contributed by atoms with Crippen molar-refractivity contribution in [2.45, 2.75) is 6.54 Å². The van der Waals surface area contributed by atoms with Crippen molar-refractivity contribution in [2.75, 3.05) is 13.2 Å². The molecule has 0 unspecified atom stereocenters. The Kier molecular flexibility index (Phi) is 3.39. The third-order valence-electron chi connectivity index (χ3n) is 3.92. The zero-order valence-corrected chi connectivity index (χ0v) is 12.7. The van der Waals surface area contributed by atoms with Gasteiger partial charge in [0.15, 0.2) is 17.3 Å². The number of Topliss-reactive ketones (excluding diaryl/α,β-unsaturated/α-hetero) is 1. The molecule has 0 saturated heterocycles. The molecule has 0 amide bonds. The van der Waals surface area contributed by atoms with Crippen molar-refractivity contribution in [3.05, 3.63) is 53.9 Å². The molecule has 6 heteroatoms. The van der Waals surface area contributed by atoms with Gasteiger partial charge in [-0.15, -0.1) is 0 Å². The summed E-state index contributed by atoms with van der Waals surface area (Å²) in [6.07, 6.45) is 0. The Morgan fingerprint density at radius 2 is 1.96 bits per heavy atom. The van der Waals surface area contributed by atoms with Crippen molar-refractivity contribution in [3.8, 4) is 17.6 Å². The highest BCUT2D eigenvalue weighted by Gasteiger charge is 2.17. The lowest BCUT2D eigenvalue weighted by Crippen LogP contribution is -2.17. The van der Waals surface area contributed by atoms with E-state index in [1.54, 1.807) is 22.8 Å². The van der Waals surface area contributed by atoms with Crippen LogP contribution in [0.15, 0.2) is 42.5 Å². The van der Waals surface area contributed by atoms with Crippen LogP contribution in [0.4, 0.5) is 0 Å². The summed E-state index contributed by atoms with van der Waals surface area (Å²) in [6, 6.07) is 14.5. The van der Waals surface area contributed by atoms with Crippen molar-refractivity contribution in [1.29, 1.82) is 5.26 Å². The summed E-state index contributed by atoms with van der Waals surface area (Å²) >= 11 is 0. The Hall–Kier alpha value is -3.33. The SMILES string of the molecule is N#Cc1nc2ccccc2n1CC(=O)c1ccc2c(c1)OCCO2. The number of imidazole rings is 1. The molecular weight excluding hydrogens is 306 g/mol. The molecule has 6 nitrogen and oxygen atoms in total. The lowest BCUT2D eigenvalue weighted by atomic mass is 10.1. The Morgan fingerprint density at radius 1 is 1.17 bits per heavy atom. The van der Waals surface area contributed by atoms with Crippen molar-refractivity contribution in [2.24, 2.45) is 0 Å². The Balaban J connectivity index is 1.69. The minimum absolute atomic E-state index is 0.0447. The number of carbonyl (C=O) groups is 1. The summed E-state index contributed by atoms with van der Waals surface area (Å²) in [7, 11) is 0. The van der Waals surface area contributed by atoms with Crippen molar-refractivity contribution in [1.82, 2.24) is 9.55 Å². The summed E-state index contributed by atoms with van der Waals surface area (Å²) in [6.45, 7) is 1.02. The molecular formula is C18H13N3O3. The molecule has 4 rings (SSSR count). The van der Waals surface area contributed by atoms with Crippen LogP contribution in [0, 0.1) is 11.3 Å². The van der Waals surface area contributed by atoms with Crippen LogP contribution >= 0.6 is 0 Å². The molecule has 2 heterocycles. The maximum absolute atomic E-state index is 12.7. The third-order valence-corrected chi connectivity index (χ3v) is 3.92. The van der Waals surface area contributed by atoms with Crippen LogP contribution in [0.5, 0.6) is 11.5 Å². The van der Waals surface area contributed by atoms with Gasteiger partial charge in [-0.1, -0.05) is 12.1 Å². The second kappa shape index (κ2) is 5.70. The zero-order chi connectivity index (χ0) is 16.5. The minimum Gasteiger partial charge on any atom is -0.486 e. The maximum Gasteiger partial charge on any atom is 0.214 e. The smallest absolute Gasteiger partial charge is 0.214 e. The van der Waals surface area contributed by atoms with Crippen LogP contribution in [0.25, 0.3) is 11.0 Å². The fourth-order valence-electron chi connectivity index (χ4n) is 2.77. The van der Waals surface area contributed by atoms with E-state index in [0.29, 0.717) is 35.8 Å². The molecule has 2 aromatic carbocycles. The first-order chi connectivity index (χ1) is 11.8. The molecule has 3 aromatic rings. The van der Waals surface area contributed by atoms with Gasteiger partial charge >= 0.3 is 0 Å². The lowest BCUT2D eigenvalue weighted by molar-refractivity contribution is 0.0972. The van der Waals surface area contributed by atoms with Crippen molar-refractivity contribution in [3.63, 3.8) is 0 Å². The monoisotopic (exact) mass is 319 g/mol. The molecule has 0 spiro atoms. The maximum atomic E-state index is 12.7. The van der Waals surface area contributed by atoms with Crippen molar-refractivity contribution < 1.29 is 14.3 Å². The molecule has 0 atom stereocenters. The number of nitriles is 1. The lowest BCUT2D eigenvalue weighted by Gasteiger charge is -2.18. The first-order valence-corrected chi connectivity index (χ1v) is 7.54. The number of nitrogens with zero attached hydrogens (tertiary/aromatic N) is 3. The number of fused-ring (bicyclic) bond motifs is 2. The molecule has 118 valence electrons. The van der Waals surface area contributed by atoms with E-state index in [4.69, 9.17) is 9.47 Å². The van der Waals surface area contributed by atoms with Gasteiger partial charge in [0.25, 0.3) is 0 Å². The largest absolute Gasteiger partial charge is 0.486 e. The number of hydrogen-bond donors (Lipinski definition) is 0. The molecule has 0 fully saturated rings. The highest BCUT2D eigenvalue weighted by Crippen LogP contribution is 2.31. The second-order valence-electron chi connectivity index (χ2n) is 5.40. The number of ketones is 1. The van der Waals surface area contributed by atoms with E-state index in [1.165, 1.54) is 0 Å². The van der Waals surface area contributed by atoms with Crippen LogP contribution in [0.3, 0.4) is 0 Å². The molecule has 24 heavy (non-hydrogen) atoms. The number of ether oxygens (including phenoxy) is 2. The van der Waals surface area contributed by atoms with E-state index in [2.05, 4.69) is 4.98 Å². The molecule has 1 aliphatic heterocycles. The summed E-state index contributed by atoms with van der Waals surface area (Å²) in [5, 5.41) is 9.28. The predicted octanol–water partition coefficient (Wildman–Crippen LogP) is 2.56. The molecule has 1 aromatic heterocycles. The first kappa shape index (κ1) is 14.3. The van der Waals surface area contributed by atoms with Gasteiger partial charge in [0.05, 0.1) is 17.6 Å². The van der Waals surface area contributed by atoms with Crippen LogP contribution in [-0.2, 0) is 6.54 Å². The highest BCUT2D eigenvalue weighted by atomic mass is 16.6. The number of aromatic nitrogens is 2. The van der Waals surface area contributed by atoms with Gasteiger partial charge in [0.2, 0.25) is 5.82 Å². The standard InChI is InChI=1S/C18H13N3O3/c19-10-18-20-13-3-1-2-4-14(13)21(18)11-15(22)12-5-6-16-17(9-12)24-8-7-23-16/h1-6,9H,7-8,11H2. The number of hydrogen-bond acceptors (Lipinski definition) is 5. The second-order valence-corrected chi connectivity index (χ2v) is 5.40. The Bertz CT molecular complexity index is 985. The fraction of sp³-hybridized carbons (Fsp3) is 0.167. The molecule has 0 saturated carbocycles. The highest BCUT2D eigenvalue weighted by molar-refractivity contribution is 5.97. The van der Waals surface area contributed by atoms with Crippen LogP contribution in [-0.4, -0.2) is 28.5 Å². The van der Waals surface area contributed by atoms with E-state index < -0.39 is 0 Å². The summed E-state index contributed by atoms with van der Waals surface area (Å²) in [5.74, 6) is 1.32. The van der Waals surface area contributed by atoms with Crippen molar-refractivity contribution >= 4 is 16.8 Å². The average Bonchev–Trinajstić information content (AvgIpc) is 2.99. The van der Waals surface area contributed by atoms with Gasteiger partial charge in [0, 0.05) is 5.56 Å².